The number of ether oxygens (including phenoxy) is 1. The predicted molar refractivity (Wildman–Crippen MR) is 75.6 cm³/mol. The third-order valence-electron chi connectivity index (χ3n) is 3.18. The first-order valence-corrected chi connectivity index (χ1v) is 6.49. The minimum Gasteiger partial charge on any atom is -0.488 e. The van der Waals surface area contributed by atoms with Crippen LogP contribution in [0.5, 0.6) is 0 Å². The summed E-state index contributed by atoms with van der Waals surface area (Å²) in [5.41, 5.74) is 10.9. The van der Waals surface area contributed by atoms with Gasteiger partial charge in [0, 0.05) is 5.02 Å². The number of hydrogen-bond acceptors (Lipinski definition) is 4. The summed E-state index contributed by atoms with van der Waals surface area (Å²) in [5, 5.41) is 4.77. The van der Waals surface area contributed by atoms with Crippen molar-refractivity contribution in [3.63, 3.8) is 0 Å². The average Bonchev–Trinajstić information content (AvgIpc) is 2.81. The van der Waals surface area contributed by atoms with Crippen molar-refractivity contribution in [2.24, 2.45) is 10.8 Å². The van der Waals surface area contributed by atoms with Crippen molar-refractivity contribution in [3.05, 3.63) is 58.3 Å². The van der Waals surface area contributed by atoms with Crippen LogP contribution in [-0.4, -0.2) is 11.9 Å². The molecular weight excluding hydrogens is 262 g/mol. The lowest BCUT2D eigenvalue weighted by atomic mass is 9.98. The van der Waals surface area contributed by atoms with Gasteiger partial charge in [0.2, 0.25) is 0 Å². The molecule has 3 N–H and O–H groups in total. The van der Waals surface area contributed by atoms with Crippen LogP contribution in [0, 0.1) is 0 Å². The molecule has 0 fully saturated rings. The molecule has 0 radical (unpaired) electrons. The Labute approximate surface area is 116 Å². The summed E-state index contributed by atoms with van der Waals surface area (Å²) in [5.74, 6) is 1.30. The van der Waals surface area contributed by atoms with E-state index >= 15 is 0 Å². The molecule has 98 valence electrons. The topological polar surface area (TPSA) is 59.6 Å². The molecule has 2 aliphatic rings. The van der Waals surface area contributed by atoms with E-state index in [1.54, 1.807) is 0 Å². The van der Waals surface area contributed by atoms with Gasteiger partial charge < -0.3 is 10.5 Å². The summed E-state index contributed by atoms with van der Waals surface area (Å²) >= 11 is 5.85. The van der Waals surface area contributed by atoms with Gasteiger partial charge >= 0.3 is 0 Å². The Morgan fingerprint density at radius 2 is 2.16 bits per heavy atom. The molecule has 5 heteroatoms. The number of fused-ring (bicyclic) bond motifs is 1. The standard InChI is InChI=1S/C14H14ClN3O/c15-10-6-4-9(5-7-10)8-19-12-3-1-2-11-13(12)14(16)18-17-11/h1,3-7,11,17H,2,8H2,(H2,16,18). The van der Waals surface area contributed by atoms with Crippen molar-refractivity contribution in [2.75, 3.05) is 0 Å². The zero-order valence-electron chi connectivity index (χ0n) is 10.3. The van der Waals surface area contributed by atoms with Crippen LogP contribution in [0.2, 0.25) is 5.02 Å². The molecule has 19 heavy (non-hydrogen) atoms. The third-order valence-corrected chi connectivity index (χ3v) is 3.43. The second kappa shape index (κ2) is 4.97. The van der Waals surface area contributed by atoms with Gasteiger partial charge in [-0.1, -0.05) is 29.8 Å². The molecule has 0 aromatic heterocycles. The number of nitrogens with zero attached hydrogens (tertiary/aromatic N) is 1. The van der Waals surface area contributed by atoms with E-state index in [1.807, 2.05) is 30.3 Å². The van der Waals surface area contributed by atoms with Gasteiger partial charge in [0.15, 0.2) is 5.84 Å². The van der Waals surface area contributed by atoms with Crippen molar-refractivity contribution >= 4 is 17.4 Å². The van der Waals surface area contributed by atoms with Gasteiger partial charge in [-0.15, -0.1) is 0 Å². The first kappa shape index (κ1) is 12.1. The van der Waals surface area contributed by atoms with E-state index in [1.165, 1.54) is 0 Å². The number of hydrazone groups is 1. The van der Waals surface area contributed by atoms with E-state index in [9.17, 15) is 0 Å². The third kappa shape index (κ3) is 2.44. The normalized spacial score (nSPS) is 20.9. The van der Waals surface area contributed by atoms with Gasteiger partial charge in [0.05, 0.1) is 11.6 Å². The molecule has 0 amide bonds. The first-order valence-electron chi connectivity index (χ1n) is 6.11. The minimum absolute atomic E-state index is 0.144. The van der Waals surface area contributed by atoms with Crippen molar-refractivity contribution < 1.29 is 4.74 Å². The summed E-state index contributed by atoms with van der Waals surface area (Å²) in [4.78, 5) is 0. The number of hydrogen-bond donors (Lipinski definition) is 2. The number of nitrogens with two attached hydrogens (primary N) is 1. The lowest BCUT2D eigenvalue weighted by Gasteiger charge is -2.18. The summed E-state index contributed by atoms with van der Waals surface area (Å²) in [6.45, 7) is 0.486. The molecular formula is C14H14ClN3O. The molecule has 0 saturated heterocycles. The fraction of sp³-hybridized carbons (Fsp3) is 0.214. The molecule has 1 aliphatic heterocycles. The number of benzene rings is 1. The minimum atomic E-state index is 0.144. The SMILES string of the molecule is NC1=NNC2CC=CC(OCc3ccc(Cl)cc3)=C12. The summed E-state index contributed by atoms with van der Waals surface area (Å²) in [6, 6.07) is 7.74. The lowest BCUT2D eigenvalue weighted by molar-refractivity contribution is 0.206. The van der Waals surface area contributed by atoms with E-state index < -0.39 is 0 Å². The van der Waals surface area contributed by atoms with Crippen molar-refractivity contribution in [3.8, 4) is 0 Å². The van der Waals surface area contributed by atoms with Gasteiger partial charge in [0.1, 0.15) is 12.4 Å². The highest BCUT2D eigenvalue weighted by Gasteiger charge is 2.28. The summed E-state index contributed by atoms with van der Waals surface area (Å²) in [7, 11) is 0. The number of halogens is 1. The zero-order valence-corrected chi connectivity index (χ0v) is 11.0. The van der Waals surface area contributed by atoms with Crippen molar-refractivity contribution in [1.29, 1.82) is 0 Å². The van der Waals surface area contributed by atoms with E-state index in [0.29, 0.717) is 12.4 Å². The monoisotopic (exact) mass is 275 g/mol. The number of rotatable bonds is 3. The first-order chi connectivity index (χ1) is 9.24. The number of amidine groups is 1. The number of nitrogens with one attached hydrogen (secondary N) is 1. The van der Waals surface area contributed by atoms with E-state index in [2.05, 4.69) is 16.6 Å². The quantitative estimate of drug-likeness (QED) is 0.890. The van der Waals surface area contributed by atoms with Gasteiger partial charge in [-0.05, 0) is 30.2 Å². The van der Waals surface area contributed by atoms with Gasteiger partial charge in [0.25, 0.3) is 0 Å². The van der Waals surface area contributed by atoms with Crippen LogP contribution in [0.4, 0.5) is 0 Å². The Kier molecular flexibility index (Phi) is 3.17. The maximum Gasteiger partial charge on any atom is 0.152 e. The van der Waals surface area contributed by atoms with Crippen LogP contribution in [0.1, 0.15) is 12.0 Å². The predicted octanol–water partition coefficient (Wildman–Crippen LogP) is 2.31. The van der Waals surface area contributed by atoms with Gasteiger partial charge in [-0.3, -0.25) is 5.43 Å². The average molecular weight is 276 g/mol. The van der Waals surface area contributed by atoms with Crippen LogP contribution in [0.3, 0.4) is 0 Å². The Bertz CT molecular complexity index is 575. The highest BCUT2D eigenvalue weighted by molar-refractivity contribution is 6.30. The Hall–Kier alpha value is -1.94. The molecule has 1 heterocycles. The molecule has 1 aromatic rings. The molecule has 0 spiro atoms. The smallest absolute Gasteiger partial charge is 0.152 e. The molecule has 1 unspecified atom stereocenters. The van der Waals surface area contributed by atoms with Gasteiger partial charge in [-0.25, -0.2) is 0 Å². The van der Waals surface area contributed by atoms with E-state index in [0.717, 1.165) is 28.3 Å². The summed E-state index contributed by atoms with van der Waals surface area (Å²) < 4.78 is 5.84. The Balaban J connectivity index is 1.75. The second-order valence-corrected chi connectivity index (χ2v) is 4.95. The zero-order chi connectivity index (χ0) is 13.2. The molecule has 0 bridgehead atoms. The molecule has 3 rings (SSSR count). The molecule has 0 saturated carbocycles. The highest BCUT2D eigenvalue weighted by Crippen LogP contribution is 2.25. The van der Waals surface area contributed by atoms with Crippen LogP contribution in [0.25, 0.3) is 0 Å². The van der Waals surface area contributed by atoms with E-state index in [4.69, 9.17) is 22.1 Å². The fourth-order valence-electron chi connectivity index (χ4n) is 2.19. The van der Waals surface area contributed by atoms with Crippen molar-refractivity contribution in [2.45, 2.75) is 19.1 Å². The maximum absolute atomic E-state index is 5.87. The Morgan fingerprint density at radius 1 is 1.37 bits per heavy atom. The largest absolute Gasteiger partial charge is 0.488 e. The maximum atomic E-state index is 5.87. The lowest BCUT2D eigenvalue weighted by Crippen LogP contribution is -2.27. The molecule has 1 atom stereocenters. The molecule has 1 aliphatic carbocycles. The molecule has 4 nitrogen and oxygen atoms in total. The second-order valence-electron chi connectivity index (χ2n) is 4.51. The Morgan fingerprint density at radius 3 is 2.95 bits per heavy atom. The van der Waals surface area contributed by atoms with E-state index in [-0.39, 0.29) is 6.04 Å². The number of allylic oxidation sites excluding steroid dienone is 1. The van der Waals surface area contributed by atoms with Crippen LogP contribution in [-0.2, 0) is 11.3 Å². The van der Waals surface area contributed by atoms with Crippen LogP contribution < -0.4 is 11.2 Å². The highest BCUT2D eigenvalue weighted by atomic mass is 35.5. The van der Waals surface area contributed by atoms with Crippen LogP contribution >= 0.6 is 11.6 Å². The van der Waals surface area contributed by atoms with Crippen molar-refractivity contribution in [1.82, 2.24) is 5.43 Å². The van der Waals surface area contributed by atoms with Gasteiger partial charge in [-0.2, -0.15) is 5.10 Å². The molecule has 1 aromatic carbocycles. The summed E-state index contributed by atoms with van der Waals surface area (Å²) in [6.07, 6.45) is 4.90. The van der Waals surface area contributed by atoms with Crippen LogP contribution in [0.15, 0.2) is 52.9 Å². The fourth-order valence-corrected chi connectivity index (χ4v) is 2.31.